The second-order valence-corrected chi connectivity index (χ2v) is 6.57. The van der Waals surface area contributed by atoms with Crippen LogP contribution in [0.5, 0.6) is 5.75 Å². The molecule has 1 N–H and O–H groups in total. The van der Waals surface area contributed by atoms with Gasteiger partial charge in [-0.3, -0.25) is 9.69 Å². The van der Waals surface area contributed by atoms with E-state index in [4.69, 9.17) is 14.0 Å². The molecule has 0 unspecified atom stereocenters. The highest BCUT2D eigenvalue weighted by molar-refractivity contribution is 5.85. The number of carbonyl (C=O) groups excluding carboxylic acids is 1. The van der Waals surface area contributed by atoms with Gasteiger partial charge >= 0.3 is 0 Å². The third kappa shape index (κ3) is 7.41. The van der Waals surface area contributed by atoms with E-state index in [9.17, 15) is 4.79 Å². The van der Waals surface area contributed by atoms with E-state index in [2.05, 4.69) is 20.4 Å². The molecule has 1 saturated heterocycles. The maximum atomic E-state index is 12.2. The van der Waals surface area contributed by atoms with Crippen LogP contribution in [0.1, 0.15) is 5.89 Å². The number of hydrogen-bond acceptors (Lipinski definition) is 8. The second kappa shape index (κ2) is 13.4. The van der Waals surface area contributed by atoms with Gasteiger partial charge < -0.3 is 24.2 Å². The van der Waals surface area contributed by atoms with Gasteiger partial charge in [0.1, 0.15) is 5.75 Å². The highest BCUT2D eigenvalue weighted by Crippen LogP contribution is 2.20. The molecule has 9 nitrogen and oxygen atoms in total. The van der Waals surface area contributed by atoms with Crippen LogP contribution >= 0.6 is 24.8 Å². The molecule has 2 heterocycles. The molecule has 0 aliphatic carbocycles. The molecule has 1 aromatic heterocycles. The van der Waals surface area contributed by atoms with Gasteiger partial charge in [0, 0.05) is 45.4 Å². The number of rotatable bonds is 9. The van der Waals surface area contributed by atoms with Crippen LogP contribution in [0.15, 0.2) is 28.8 Å². The molecular formula is C19H29Cl2N5O4. The standard InChI is InChI=1S/C19H27N5O4.2ClH/c1-26-12-7-20-13-18(25)24-10-8-23(9-11-24)14-17-21-19(22-28-17)15-3-5-16(27-2)6-4-15;;/h3-6,20H,7-14H2,1-2H3;2*1H. The highest BCUT2D eigenvalue weighted by atomic mass is 35.5. The number of halogens is 2. The van der Waals surface area contributed by atoms with Crippen molar-refractivity contribution < 1.29 is 18.8 Å². The number of benzene rings is 1. The summed E-state index contributed by atoms with van der Waals surface area (Å²) in [4.78, 5) is 20.8. The molecule has 1 aliphatic rings. The number of aromatic nitrogens is 2. The van der Waals surface area contributed by atoms with Crippen LogP contribution in [-0.4, -0.2) is 85.9 Å². The van der Waals surface area contributed by atoms with Gasteiger partial charge in [-0.25, -0.2) is 0 Å². The van der Waals surface area contributed by atoms with E-state index in [1.165, 1.54) is 0 Å². The molecule has 1 aliphatic heterocycles. The van der Waals surface area contributed by atoms with Gasteiger partial charge in [-0.05, 0) is 24.3 Å². The van der Waals surface area contributed by atoms with Crippen molar-refractivity contribution in [2.75, 3.05) is 60.1 Å². The Bertz CT molecular complexity index is 752. The number of carbonyl (C=O) groups is 1. The van der Waals surface area contributed by atoms with E-state index in [1.807, 2.05) is 29.2 Å². The summed E-state index contributed by atoms with van der Waals surface area (Å²) in [6.45, 7) is 5.16. The Balaban J connectivity index is 0.00000225. The molecule has 1 fully saturated rings. The Morgan fingerprint density at radius 3 is 2.47 bits per heavy atom. The number of ether oxygens (including phenoxy) is 2. The lowest BCUT2D eigenvalue weighted by Gasteiger charge is -2.34. The zero-order chi connectivity index (χ0) is 19.8. The maximum absolute atomic E-state index is 12.2. The van der Waals surface area contributed by atoms with Crippen molar-refractivity contribution >= 4 is 30.7 Å². The van der Waals surface area contributed by atoms with Crippen molar-refractivity contribution in [3.05, 3.63) is 30.2 Å². The SMILES string of the molecule is COCCNCC(=O)N1CCN(Cc2nc(-c3ccc(OC)cc3)no2)CC1.Cl.Cl. The fraction of sp³-hybridized carbons (Fsp3) is 0.526. The average molecular weight is 462 g/mol. The smallest absolute Gasteiger partial charge is 0.241 e. The lowest BCUT2D eigenvalue weighted by Crippen LogP contribution is -2.50. The van der Waals surface area contributed by atoms with Crippen LogP contribution in [0.25, 0.3) is 11.4 Å². The summed E-state index contributed by atoms with van der Waals surface area (Å²) in [5.41, 5.74) is 0.882. The van der Waals surface area contributed by atoms with Gasteiger partial charge in [0.25, 0.3) is 0 Å². The predicted octanol–water partition coefficient (Wildman–Crippen LogP) is 1.47. The van der Waals surface area contributed by atoms with Crippen molar-refractivity contribution in [1.82, 2.24) is 25.3 Å². The zero-order valence-electron chi connectivity index (χ0n) is 17.2. The van der Waals surface area contributed by atoms with Crippen LogP contribution in [-0.2, 0) is 16.1 Å². The number of hydrogen-bond donors (Lipinski definition) is 1. The molecule has 2 aromatic rings. The molecule has 0 saturated carbocycles. The zero-order valence-corrected chi connectivity index (χ0v) is 18.8. The summed E-state index contributed by atoms with van der Waals surface area (Å²) in [7, 11) is 3.28. The lowest BCUT2D eigenvalue weighted by atomic mass is 10.2. The first-order valence-corrected chi connectivity index (χ1v) is 9.36. The Morgan fingerprint density at radius 1 is 1.13 bits per heavy atom. The van der Waals surface area contributed by atoms with Crippen molar-refractivity contribution in [2.24, 2.45) is 0 Å². The van der Waals surface area contributed by atoms with Crippen LogP contribution < -0.4 is 10.1 Å². The van der Waals surface area contributed by atoms with Gasteiger partial charge in [0.2, 0.25) is 17.6 Å². The molecule has 0 radical (unpaired) electrons. The topological polar surface area (TPSA) is 93.0 Å². The molecule has 30 heavy (non-hydrogen) atoms. The van der Waals surface area contributed by atoms with Gasteiger partial charge in [-0.1, -0.05) is 5.16 Å². The summed E-state index contributed by atoms with van der Waals surface area (Å²) in [5.74, 6) is 2.05. The minimum absolute atomic E-state index is 0. The molecule has 0 bridgehead atoms. The molecule has 0 spiro atoms. The van der Waals surface area contributed by atoms with Gasteiger partial charge in [0.05, 0.1) is 26.8 Å². The van der Waals surface area contributed by atoms with Crippen molar-refractivity contribution in [2.45, 2.75) is 6.54 Å². The Hall–Kier alpha value is -1.91. The number of piperazine rings is 1. The maximum Gasteiger partial charge on any atom is 0.241 e. The Morgan fingerprint density at radius 2 is 1.83 bits per heavy atom. The van der Waals surface area contributed by atoms with Crippen LogP contribution in [0.4, 0.5) is 0 Å². The number of nitrogens with one attached hydrogen (secondary N) is 1. The van der Waals surface area contributed by atoms with Gasteiger partial charge in [-0.2, -0.15) is 4.98 Å². The summed E-state index contributed by atoms with van der Waals surface area (Å²) < 4.78 is 15.5. The molecule has 1 amide bonds. The first kappa shape index (κ1) is 26.1. The van der Waals surface area contributed by atoms with Crippen molar-refractivity contribution in [3.63, 3.8) is 0 Å². The summed E-state index contributed by atoms with van der Waals surface area (Å²) in [5, 5.41) is 7.15. The minimum Gasteiger partial charge on any atom is -0.497 e. The third-order valence-corrected chi connectivity index (χ3v) is 4.66. The Kier molecular flexibility index (Phi) is 11.7. The molecule has 168 valence electrons. The highest BCUT2D eigenvalue weighted by Gasteiger charge is 2.22. The fourth-order valence-corrected chi connectivity index (χ4v) is 3.00. The minimum atomic E-state index is 0. The van der Waals surface area contributed by atoms with E-state index in [0.29, 0.717) is 51.0 Å². The molecule has 3 rings (SSSR count). The van der Waals surface area contributed by atoms with Gasteiger partial charge in [-0.15, -0.1) is 24.8 Å². The summed E-state index contributed by atoms with van der Waals surface area (Å²) in [6.07, 6.45) is 0. The van der Waals surface area contributed by atoms with Crippen LogP contribution in [0.2, 0.25) is 0 Å². The monoisotopic (exact) mass is 461 g/mol. The largest absolute Gasteiger partial charge is 0.497 e. The van der Waals surface area contributed by atoms with Crippen molar-refractivity contribution in [3.8, 4) is 17.1 Å². The first-order valence-electron chi connectivity index (χ1n) is 9.36. The van der Waals surface area contributed by atoms with Crippen LogP contribution in [0, 0.1) is 0 Å². The van der Waals surface area contributed by atoms with E-state index >= 15 is 0 Å². The Labute approximate surface area is 188 Å². The van der Waals surface area contributed by atoms with Gasteiger partial charge in [0.15, 0.2) is 0 Å². The molecular weight excluding hydrogens is 433 g/mol. The quantitative estimate of drug-likeness (QED) is 0.561. The number of nitrogens with zero attached hydrogens (tertiary/aromatic N) is 4. The average Bonchev–Trinajstić information content (AvgIpc) is 3.20. The second-order valence-electron chi connectivity index (χ2n) is 6.57. The number of methoxy groups -OCH3 is 2. The third-order valence-electron chi connectivity index (χ3n) is 4.66. The number of amides is 1. The summed E-state index contributed by atoms with van der Waals surface area (Å²) in [6, 6.07) is 7.54. The normalized spacial score (nSPS) is 14.0. The molecule has 0 atom stereocenters. The predicted molar refractivity (Wildman–Crippen MR) is 117 cm³/mol. The van der Waals surface area contributed by atoms with E-state index in [0.717, 1.165) is 24.4 Å². The van der Waals surface area contributed by atoms with E-state index < -0.39 is 0 Å². The van der Waals surface area contributed by atoms with Crippen molar-refractivity contribution in [1.29, 1.82) is 0 Å². The first-order chi connectivity index (χ1) is 13.7. The van der Waals surface area contributed by atoms with E-state index in [1.54, 1.807) is 14.2 Å². The molecule has 1 aromatic carbocycles. The summed E-state index contributed by atoms with van der Waals surface area (Å²) >= 11 is 0. The molecule has 11 heteroatoms. The lowest BCUT2D eigenvalue weighted by molar-refractivity contribution is -0.132. The fourth-order valence-electron chi connectivity index (χ4n) is 3.00. The van der Waals surface area contributed by atoms with Crippen LogP contribution in [0.3, 0.4) is 0 Å². The van der Waals surface area contributed by atoms with E-state index in [-0.39, 0.29) is 30.7 Å².